The van der Waals surface area contributed by atoms with Crippen LogP contribution in [-0.2, 0) is 0 Å². The Labute approximate surface area is 152 Å². The fourth-order valence-electron chi connectivity index (χ4n) is 3.31. The average Bonchev–Trinajstić information content (AvgIpc) is 3.50. The highest BCUT2D eigenvalue weighted by Crippen LogP contribution is 2.38. The Hall–Kier alpha value is -1.35. The van der Waals surface area contributed by atoms with Crippen molar-refractivity contribution in [3.8, 4) is 5.75 Å². The lowest BCUT2D eigenvalue weighted by molar-refractivity contribution is 0.0978. The van der Waals surface area contributed by atoms with E-state index < -0.39 is 0 Å². The maximum atomic E-state index is 12.2. The van der Waals surface area contributed by atoms with Gasteiger partial charge in [-0.1, -0.05) is 20.3 Å². The summed E-state index contributed by atoms with van der Waals surface area (Å²) in [6.07, 6.45) is 6.86. The number of rotatable bonds is 12. The Kier molecular flexibility index (Phi) is 6.52. The van der Waals surface area contributed by atoms with Crippen LogP contribution in [0, 0.1) is 23.7 Å². The normalized spacial score (nSPS) is 22.2. The van der Waals surface area contributed by atoms with Gasteiger partial charge in [-0.15, -0.1) is 0 Å². The van der Waals surface area contributed by atoms with Crippen LogP contribution in [0.5, 0.6) is 5.75 Å². The maximum Gasteiger partial charge on any atom is 0.162 e. The molecule has 2 aliphatic carbocycles. The van der Waals surface area contributed by atoms with Gasteiger partial charge in [0, 0.05) is 12.0 Å². The first-order chi connectivity index (χ1) is 12.1. The largest absolute Gasteiger partial charge is 0.493 e. The predicted octanol–water partition coefficient (Wildman–Crippen LogP) is 4.71. The molecule has 0 amide bonds. The third kappa shape index (κ3) is 6.47. The van der Waals surface area contributed by atoms with Crippen molar-refractivity contribution in [1.29, 1.82) is 0 Å². The number of hydrogen-bond acceptors (Lipinski definition) is 3. The van der Waals surface area contributed by atoms with Crippen LogP contribution >= 0.6 is 0 Å². The number of ether oxygens (including phenoxy) is 1. The fraction of sp³-hybridized carbons (Fsp3) is 0.682. The molecule has 2 atom stereocenters. The number of hydrogen-bond donors (Lipinski definition) is 1. The van der Waals surface area contributed by atoms with Crippen molar-refractivity contribution in [2.45, 2.75) is 52.4 Å². The molecule has 2 aliphatic rings. The molecule has 138 valence electrons. The Bertz CT molecular complexity index is 548. The van der Waals surface area contributed by atoms with Crippen LogP contribution in [0.1, 0.15) is 62.7 Å². The van der Waals surface area contributed by atoms with Gasteiger partial charge in [0.05, 0.1) is 6.61 Å². The summed E-state index contributed by atoms with van der Waals surface area (Å²) in [6, 6.07) is 7.71. The van der Waals surface area contributed by atoms with E-state index in [1.807, 2.05) is 24.3 Å². The van der Waals surface area contributed by atoms with E-state index in [2.05, 4.69) is 19.2 Å². The van der Waals surface area contributed by atoms with E-state index in [1.165, 1.54) is 25.8 Å². The van der Waals surface area contributed by atoms with Gasteiger partial charge in [0.25, 0.3) is 0 Å². The molecule has 1 aromatic carbocycles. The Morgan fingerprint density at radius 3 is 2.60 bits per heavy atom. The zero-order chi connectivity index (χ0) is 17.6. The van der Waals surface area contributed by atoms with E-state index in [4.69, 9.17) is 4.74 Å². The fourth-order valence-corrected chi connectivity index (χ4v) is 3.31. The Morgan fingerprint density at radius 1 is 1.16 bits per heavy atom. The first kappa shape index (κ1) is 18.4. The average molecular weight is 344 g/mol. The standard InChI is InChI=1S/C22H33NO2/c1-16(2)4-3-5-22(24)18-8-10-21(11-9-18)25-15-20-12-19(20)14-23-13-17-6-7-17/h8-11,16-17,19-20,23H,3-7,12-15H2,1-2H3. The SMILES string of the molecule is CC(C)CCCC(=O)c1ccc(OCC2CC2CNCC2CC2)cc1. The molecule has 0 spiro atoms. The summed E-state index contributed by atoms with van der Waals surface area (Å²) in [6.45, 7) is 7.55. The summed E-state index contributed by atoms with van der Waals surface area (Å²) >= 11 is 0. The lowest BCUT2D eigenvalue weighted by Crippen LogP contribution is -2.20. The number of benzene rings is 1. The summed E-state index contributed by atoms with van der Waals surface area (Å²) in [4.78, 5) is 12.2. The zero-order valence-electron chi connectivity index (χ0n) is 15.8. The van der Waals surface area contributed by atoms with Crippen molar-refractivity contribution in [2.24, 2.45) is 23.7 Å². The van der Waals surface area contributed by atoms with E-state index in [1.54, 1.807) is 0 Å². The van der Waals surface area contributed by atoms with Crippen molar-refractivity contribution < 1.29 is 9.53 Å². The molecule has 0 bridgehead atoms. The summed E-state index contributed by atoms with van der Waals surface area (Å²) in [5.41, 5.74) is 0.810. The van der Waals surface area contributed by atoms with E-state index in [0.717, 1.165) is 49.1 Å². The second kappa shape index (κ2) is 8.84. The minimum atomic E-state index is 0.246. The van der Waals surface area contributed by atoms with E-state index >= 15 is 0 Å². The van der Waals surface area contributed by atoms with Crippen molar-refractivity contribution in [3.05, 3.63) is 29.8 Å². The van der Waals surface area contributed by atoms with Gasteiger partial charge in [0.1, 0.15) is 5.75 Å². The summed E-state index contributed by atoms with van der Waals surface area (Å²) in [5, 5.41) is 3.59. The molecular weight excluding hydrogens is 310 g/mol. The molecule has 0 radical (unpaired) electrons. The second-order valence-corrected chi connectivity index (χ2v) is 8.40. The molecule has 25 heavy (non-hydrogen) atoms. The summed E-state index contributed by atoms with van der Waals surface area (Å²) in [5.74, 6) is 4.25. The van der Waals surface area contributed by atoms with Crippen LogP contribution in [-0.4, -0.2) is 25.5 Å². The number of carbonyl (C=O) groups excluding carboxylic acids is 1. The number of nitrogens with one attached hydrogen (secondary N) is 1. The lowest BCUT2D eigenvalue weighted by Gasteiger charge is -2.08. The maximum absolute atomic E-state index is 12.2. The molecule has 2 saturated carbocycles. The third-order valence-electron chi connectivity index (χ3n) is 5.43. The number of carbonyl (C=O) groups is 1. The van der Waals surface area contributed by atoms with Gasteiger partial charge < -0.3 is 10.1 Å². The Balaban J connectivity index is 1.31. The molecule has 1 aromatic rings. The van der Waals surface area contributed by atoms with Crippen LogP contribution in [0.4, 0.5) is 0 Å². The first-order valence-corrected chi connectivity index (χ1v) is 10.1. The highest BCUT2D eigenvalue weighted by atomic mass is 16.5. The van der Waals surface area contributed by atoms with Crippen LogP contribution in [0.3, 0.4) is 0 Å². The van der Waals surface area contributed by atoms with Gasteiger partial charge in [-0.25, -0.2) is 0 Å². The molecule has 3 nitrogen and oxygen atoms in total. The smallest absolute Gasteiger partial charge is 0.162 e. The van der Waals surface area contributed by atoms with E-state index in [9.17, 15) is 4.79 Å². The molecular formula is C22H33NO2. The topological polar surface area (TPSA) is 38.3 Å². The van der Waals surface area contributed by atoms with Crippen LogP contribution < -0.4 is 10.1 Å². The van der Waals surface area contributed by atoms with E-state index in [-0.39, 0.29) is 5.78 Å². The first-order valence-electron chi connectivity index (χ1n) is 10.1. The molecule has 1 N–H and O–H groups in total. The van der Waals surface area contributed by atoms with Crippen LogP contribution in [0.25, 0.3) is 0 Å². The molecule has 2 unspecified atom stereocenters. The van der Waals surface area contributed by atoms with Gasteiger partial charge in [0.2, 0.25) is 0 Å². The minimum Gasteiger partial charge on any atom is -0.493 e. The van der Waals surface area contributed by atoms with Crippen LogP contribution in [0.15, 0.2) is 24.3 Å². The molecule has 0 aliphatic heterocycles. The highest BCUT2D eigenvalue weighted by molar-refractivity contribution is 5.96. The molecule has 3 rings (SSSR count). The van der Waals surface area contributed by atoms with Crippen molar-refractivity contribution in [1.82, 2.24) is 5.32 Å². The Morgan fingerprint density at radius 2 is 1.92 bits per heavy atom. The van der Waals surface area contributed by atoms with Crippen molar-refractivity contribution in [2.75, 3.05) is 19.7 Å². The third-order valence-corrected chi connectivity index (χ3v) is 5.43. The van der Waals surface area contributed by atoms with Gasteiger partial charge >= 0.3 is 0 Å². The van der Waals surface area contributed by atoms with Gasteiger partial charge in [-0.05, 0) is 86.7 Å². The van der Waals surface area contributed by atoms with Gasteiger partial charge in [-0.2, -0.15) is 0 Å². The van der Waals surface area contributed by atoms with Crippen molar-refractivity contribution in [3.63, 3.8) is 0 Å². The predicted molar refractivity (Wildman–Crippen MR) is 102 cm³/mol. The van der Waals surface area contributed by atoms with Crippen molar-refractivity contribution >= 4 is 5.78 Å². The quantitative estimate of drug-likeness (QED) is 0.559. The highest BCUT2D eigenvalue weighted by Gasteiger charge is 2.37. The summed E-state index contributed by atoms with van der Waals surface area (Å²) in [7, 11) is 0. The lowest BCUT2D eigenvalue weighted by atomic mass is 10.0. The number of Topliss-reactive ketones (excluding diaryl/α,β-unsaturated/α-hetero) is 1. The monoisotopic (exact) mass is 343 g/mol. The van der Waals surface area contributed by atoms with E-state index in [0.29, 0.717) is 18.3 Å². The molecule has 0 aromatic heterocycles. The van der Waals surface area contributed by atoms with Gasteiger partial charge in [-0.3, -0.25) is 4.79 Å². The number of ketones is 1. The molecule has 0 heterocycles. The zero-order valence-corrected chi connectivity index (χ0v) is 15.8. The molecule has 3 heteroatoms. The second-order valence-electron chi connectivity index (χ2n) is 8.40. The van der Waals surface area contributed by atoms with Crippen LogP contribution in [0.2, 0.25) is 0 Å². The molecule has 2 fully saturated rings. The molecule has 0 saturated heterocycles. The van der Waals surface area contributed by atoms with Gasteiger partial charge in [0.15, 0.2) is 5.78 Å². The summed E-state index contributed by atoms with van der Waals surface area (Å²) < 4.78 is 5.91. The minimum absolute atomic E-state index is 0.246.